The lowest BCUT2D eigenvalue weighted by Gasteiger charge is -2.34. The molecule has 2 heterocycles. The quantitative estimate of drug-likeness (QED) is 0.836. The number of nitrogens with zero attached hydrogens (tertiary/aromatic N) is 1. The normalized spacial score (nSPS) is 16.5. The Labute approximate surface area is 146 Å². The summed E-state index contributed by atoms with van der Waals surface area (Å²) in [6.07, 6.45) is 0. The average Bonchev–Trinajstić information content (AvgIpc) is 3.16. The molecular formula is C18H22N2O3S. The Bertz CT molecular complexity index is 612. The van der Waals surface area contributed by atoms with Gasteiger partial charge in [-0.05, 0) is 34.5 Å². The van der Waals surface area contributed by atoms with Crippen molar-refractivity contribution in [3.8, 4) is 5.75 Å². The first-order valence-electron chi connectivity index (χ1n) is 8.11. The zero-order valence-corrected chi connectivity index (χ0v) is 14.3. The van der Waals surface area contributed by atoms with Gasteiger partial charge < -0.3 is 14.8 Å². The number of rotatable bonds is 7. The lowest BCUT2D eigenvalue weighted by molar-refractivity contribution is -0.123. The molecule has 0 aliphatic carbocycles. The van der Waals surface area contributed by atoms with Crippen LogP contribution in [0.15, 0.2) is 47.2 Å². The van der Waals surface area contributed by atoms with E-state index in [9.17, 15) is 4.79 Å². The third-order valence-corrected chi connectivity index (χ3v) is 4.72. The van der Waals surface area contributed by atoms with Crippen molar-refractivity contribution >= 4 is 17.2 Å². The van der Waals surface area contributed by atoms with Gasteiger partial charge in [0.1, 0.15) is 5.75 Å². The predicted molar refractivity (Wildman–Crippen MR) is 94.4 cm³/mol. The zero-order valence-electron chi connectivity index (χ0n) is 13.5. The molecule has 0 saturated carbocycles. The van der Waals surface area contributed by atoms with E-state index in [-0.39, 0.29) is 18.6 Å². The standard InChI is InChI=1S/C18H22N2O3S/c21-18(13-23-16-4-2-1-3-5-16)19-12-17(15-6-11-24-14-15)20-7-9-22-10-8-20/h1-6,11,14,17H,7-10,12-13H2,(H,19,21)/t17-/m1/s1. The number of hydrogen-bond acceptors (Lipinski definition) is 5. The van der Waals surface area contributed by atoms with Gasteiger partial charge in [0.15, 0.2) is 6.61 Å². The fourth-order valence-electron chi connectivity index (χ4n) is 2.74. The van der Waals surface area contributed by atoms with E-state index >= 15 is 0 Å². The van der Waals surface area contributed by atoms with Gasteiger partial charge in [0, 0.05) is 19.6 Å². The maximum atomic E-state index is 12.1. The molecule has 1 fully saturated rings. The van der Waals surface area contributed by atoms with Gasteiger partial charge in [0.05, 0.1) is 19.3 Å². The number of amides is 1. The highest BCUT2D eigenvalue weighted by Crippen LogP contribution is 2.23. The third kappa shape index (κ3) is 4.80. The van der Waals surface area contributed by atoms with E-state index in [1.807, 2.05) is 30.3 Å². The summed E-state index contributed by atoms with van der Waals surface area (Å²) in [7, 11) is 0. The van der Waals surface area contributed by atoms with E-state index < -0.39 is 0 Å². The molecule has 0 unspecified atom stereocenters. The molecule has 1 aromatic carbocycles. The van der Waals surface area contributed by atoms with Gasteiger partial charge in [-0.3, -0.25) is 9.69 Å². The fraction of sp³-hybridized carbons (Fsp3) is 0.389. The number of ether oxygens (including phenoxy) is 2. The summed E-state index contributed by atoms with van der Waals surface area (Å²) in [6, 6.07) is 11.7. The van der Waals surface area contributed by atoms with Gasteiger partial charge in [0.25, 0.3) is 5.91 Å². The van der Waals surface area contributed by atoms with Crippen molar-refractivity contribution in [1.82, 2.24) is 10.2 Å². The number of benzene rings is 1. The van der Waals surface area contributed by atoms with Crippen LogP contribution in [0.3, 0.4) is 0 Å². The predicted octanol–water partition coefficient (Wildman–Crippen LogP) is 2.32. The SMILES string of the molecule is O=C(COc1ccccc1)NC[C@H](c1ccsc1)N1CCOCC1. The second kappa shape index (κ2) is 8.82. The van der Waals surface area contributed by atoms with E-state index in [0.717, 1.165) is 26.3 Å². The van der Waals surface area contributed by atoms with E-state index in [2.05, 4.69) is 27.0 Å². The molecule has 24 heavy (non-hydrogen) atoms. The second-order valence-corrected chi connectivity index (χ2v) is 6.41. The molecule has 1 saturated heterocycles. The molecule has 1 N–H and O–H groups in total. The van der Waals surface area contributed by atoms with Crippen LogP contribution in [0.5, 0.6) is 5.75 Å². The molecule has 0 bridgehead atoms. The molecule has 1 aliphatic heterocycles. The lowest BCUT2D eigenvalue weighted by Crippen LogP contribution is -2.44. The van der Waals surface area contributed by atoms with Crippen molar-refractivity contribution in [2.45, 2.75) is 6.04 Å². The average molecular weight is 346 g/mol. The lowest BCUT2D eigenvalue weighted by atomic mass is 10.1. The van der Waals surface area contributed by atoms with Crippen molar-refractivity contribution < 1.29 is 14.3 Å². The highest BCUT2D eigenvalue weighted by atomic mass is 32.1. The van der Waals surface area contributed by atoms with Crippen molar-refractivity contribution in [3.63, 3.8) is 0 Å². The van der Waals surface area contributed by atoms with Gasteiger partial charge >= 0.3 is 0 Å². The van der Waals surface area contributed by atoms with Crippen molar-refractivity contribution in [2.75, 3.05) is 39.5 Å². The Hall–Kier alpha value is -1.89. The molecular weight excluding hydrogens is 324 g/mol. The first-order chi connectivity index (χ1) is 11.8. The summed E-state index contributed by atoms with van der Waals surface area (Å²) in [4.78, 5) is 14.5. The Balaban J connectivity index is 1.52. The van der Waals surface area contributed by atoms with Crippen LogP contribution in [0.2, 0.25) is 0 Å². The van der Waals surface area contributed by atoms with Crippen LogP contribution in [0.1, 0.15) is 11.6 Å². The first kappa shape index (κ1) is 17.0. The minimum absolute atomic E-state index is 0.0312. The van der Waals surface area contributed by atoms with Gasteiger partial charge in [0.2, 0.25) is 0 Å². The Morgan fingerprint density at radius 2 is 2.04 bits per heavy atom. The maximum Gasteiger partial charge on any atom is 0.258 e. The van der Waals surface area contributed by atoms with Gasteiger partial charge in [-0.25, -0.2) is 0 Å². The second-order valence-electron chi connectivity index (χ2n) is 5.63. The van der Waals surface area contributed by atoms with Crippen molar-refractivity contribution in [1.29, 1.82) is 0 Å². The first-order valence-corrected chi connectivity index (χ1v) is 9.05. The summed E-state index contributed by atoms with van der Waals surface area (Å²) >= 11 is 1.68. The molecule has 1 atom stereocenters. The molecule has 1 aliphatic rings. The number of thiophene rings is 1. The van der Waals surface area contributed by atoms with Gasteiger partial charge in [-0.15, -0.1) is 0 Å². The highest BCUT2D eigenvalue weighted by Gasteiger charge is 2.23. The molecule has 128 valence electrons. The van der Waals surface area contributed by atoms with Gasteiger partial charge in [-0.1, -0.05) is 18.2 Å². The van der Waals surface area contributed by atoms with Crippen LogP contribution in [-0.2, 0) is 9.53 Å². The smallest absolute Gasteiger partial charge is 0.258 e. The molecule has 0 spiro atoms. The van der Waals surface area contributed by atoms with Crippen LogP contribution in [-0.4, -0.2) is 50.3 Å². The fourth-order valence-corrected chi connectivity index (χ4v) is 3.45. The van der Waals surface area contributed by atoms with E-state index in [4.69, 9.17) is 9.47 Å². The maximum absolute atomic E-state index is 12.1. The van der Waals surface area contributed by atoms with Crippen molar-refractivity contribution in [3.05, 3.63) is 52.7 Å². The number of carbonyl (C=O) groups excluding carboxylic acids is 1. The third-order valence-electron chi connectivity index (χ3n) is 4.02. The van der Waals surface area contributed by atoms with Crippen LogP contribution >= 0.6 is 11.3 Å². The topological polar surface area (TPSA) is 50.8 Å². The van der Waals surface area contributed by atoms with Crippen LogP contribution in [0.4, 0.5) is 0 Å². The summed E-state index contributed by atoms with van der Waals surface area (Å²) < 4.78 is 10.9. The number of hydrogen-bond donors (Lipinski definition) is 1. The van der Waals surface area contributed by atoms with E-state index in [1.54, 1.807) is 11.3 Å². The monoisotopic (exact) mass is 346 g/mol. The summed E-state index contributed by atoms with van der Waals surface area (Å²) in [5.74, 6) is 0.600. The molecule has 5 nitrogen and oxygen atoms in total. The highest BCUT2D eigenvalue weighted by molar-refractivity contribution is 7.07. The Morgan fingerprint density at radius 1 is 1.25 bits per heavy atom. The molecule has 3 rings (SSSR count). The van der Waals surface area contributed by atoms with Crippen LogP contribution < -0.4 is 10.1 Å². The summed E-state index contributed by atoms with van der Waals surface area (Å²) in [5.41, 5.74) is 1.24. The summed E-state index contributed by atoms with van der Waals surface area (Å²) in [6.45, 7) is 3.86. The molecule has 1 amide bonds. The number of morpholine rings is 1. The molecule has 2 aromatic rings. The Morgan fingerprint density at radius 3 is 2.75 bits per heavy atom. The zero-order chi connectivity index (χ0) is 16.6. The van der Waals surface area contributed by atoms with E-state index in [1.165, 1.54) is 5.56 Å². The number of nitrogens with one attached hydrogen (secondary N) is 1. The minimum Gasteiger partial charge on any atom is -0.484 e. The minimum atomic E-state index is -0.104. The van der Waals surface area contributed by atoms with Crippen LogP contribution in [0, 0.1) is 0 Å². The summed E-state index contributed by atoms with van der Waals surface area (Å²) in [5, 5.41) is 7.21. The number of carbonyl (C=O) groups is 1. The molecule has 1 aromatic heterocycles. The molecule has 0 radical (unpaired) electrons. The number of para-hydroxylation sites is 1. The van der Waals surface area contributed by atoms with Crippen molar-refractivity contribution in [2.24, 2.45) is 0 Å². The van der Waals surface area contributed by atoms with Gasteiger partial charge in [-0.2, -0.15) is 11.3 Å². The van der Waals surface area contributed by atoms with E-state index in [0.29, 0.717) is 12.3 Å². The molecule has 6 heteroatoms. The Kier molecular flexibility index (Phi) is 6.23. The largest absolute Gasteiger partial charge is 0.484 e. The van der Waals surface area contributed by atoms with Crippen LogP contribution in [0.25, 0.3) is 0 Å².